The molecule has 0 spiro atoms. The van der Waals surface area contributed by atoms with Crippen molar-refractivity contribution in [3.05, 3.63) is 36.9 Å². The first-order valence-corrected chi connectivity index (χ1v) is 7.11. The van der Waals surface area contributed by atoms with E-state index >= 15 is 0 Å². The van der Waals surface area contributed by atoms with Crippen molar-refractivity contribution in [2.24, 2.45) is 5.92 Å². The van der Waals surface area contributed by atoms with Crippen molar-refractivity contribution in [3.8, 4) is 11.1 Å². The number of rotatable bonds is 5. The molecule has 1 N–H and O–H groups in total. The molecule has 0 saturated carbocycles. The van der Waals surface area contributed by atoms with Crippen LogP contribution in [-0.2, 0) is 16.1 Å². The molecule has 1 aliphatic rings. The molecule has 6 nitrogen and oxygen atoms in total. The standard InChI is InChI=1S/C15H18N4O2/c20-15(13-3-8-21-11-13)17-6-7-19-10-14(9-18-19)12-1-4-16-5-2-12/h1-2,4-5,9-10,13H,3,6-8,11H2,(H,17,20)/t13-/m0/s1. The Hall–Kier alpha value is -2.21. The number of aromatic nitrogens is 3. The number of hydrogen-bond donors (Lipinski definition) is 1. The third-order valence-electron chi connectivity index (χ3n) is 3.59. The summed E-state index contributed by atoms with van der Waals surface area (Å²) in [6.07, 6.45) is 8.13. The zero-order valence-electron chi connectivity index (χ0n) is 11.7. The number of carbonyl (C=O) groups is 1. The Morgan fingerprint density at radius 2 is 2.24 bits per heavy atom. The van der Waals surface area contributed by atoms with Gasteiger partial charge in [-0.2, -0.15) is 5.10 Å². The molecule has 1 aliphatic heterocycles. The van der Waals surface area contributed by atoms with Crippen molar-refractivity contribution in [3.63, 3.8) is 0 Å². The zero-order chi connectivity index (χ0) is 14.5. The van der Waals surface area contributed by atoms with Gasteiger partial charge in [-0.1, -0.05) is 0 Å². The molecule has 0 aromatic carbocycles. The first-order valence-electron chi connectivity index (χ1n) is 7.11. The van der Waals surface area contributed by atoms with Crippen LogP contribution in [0, 0.1) is 5.92 Å². The second-order valence-electron chi connectivity index (χ2n) is 5.08. The minimum absolute atomic E-state index is 0.00926. The molecule has 2 aromatic heterocycles. The van der Waals surface area contributed by atoms with E-state index in [-0.39, 0.29) is 11.8 Å². The predicted molar refractivity (Wildman–Crippen MR) is 77.4 cm³/mol. The quantitative estimate of drug-likeness (QED) is 0.893. The van der Waals surface area contributed by atoms with Crippen molar-refractivity contribution >= 4 is 5.91 Å². The van der Waals surface area contributed by atoms with E-state index in [4.69, 9.17) is 4.74 Å². The number of ether oxygens (including phenoxy) is 1. The highest BCUT2D eigenvalue weighted by Gasteiger charge is 2.22. The van der Waals surface area contributed by atoms with E-state index in [9.17, 15) is 4.79 Å². The average Bonchev–Trinajstić information content (AvgIpc) is 3.20. The number of nitrogens with zero attached hydrogens (tertiary/aromatic N) is 3. The summed E-state index contributed by atoms with van der Waals surface area (Å²) in [6, 6.07) is 3.90. The van der Waals surface area contributed by atoms with Crippen molar-refractivity contribution in [1.29, 1.82) is 0 Å². The Morgan fingerprint density at radius 1 is 1.38 bits per heavy atom. The Balaban J connectivity index is 1.50. The molecule has 3 rings (SSSR count). The summed E-state index contributed by atoms with van der Waals surface area (Å²) >= 11 is 0. The molecule has 3 heterocycles. The zero-order valence-corrected chi connectivity index (χ0v) is 11.7. The summed E-state index contributed by atoms with van der Waals surface area (Å²) in [4.78, 5) is 15.8. The fourth-order valence-corrected chi connectivity index (χ4v) is 2.36. The molecule has 0 radical (unpaired) electrons. The Kier molecular flexibility index (Phi) is 4.25. The van der Waals surface area contributed by atoms with Gasteiger partial charge in [0, 0.05) is 37.3 Å². The summed E-state index contributed by atoms with van der Waals surface area (Å²) in [5, 5.41) is 7.24. The molecule has 0 aliphatic carbocycles. The third kappa shape index (κ3) is 3.46. The number of pyridine rings is 1. The number of hydrogen-bond acceptors (Lipinski definition) is 4. The maximum Gasteiger partial charge on any atom is 0.225 e. The van der Waals surface area contributed by atoms with E-state index in [2.05, 4.69) is 15.4 Å². The monoisotopic (exact) mass is 286 g/mol. The van der Waals surface area contributed by atoms with E-state index in [1.807, 2.05) is 29.2 Å². The summed E-state index contributed by atoms with van der Waals surface area (Å²) in [5.74, 6) is 0.0871. The third-order valence-corrected chi connectivity index (χ3v) is 3.59. The van der Waals surface area contributed by atoms with Crippen LogP contribution in [0.4, 0.5) is 0 Å². The van der Waals surface area contributed by atoms with Crippen LogP contribution in [0.15, 0.2) is 36.9 Å². The van der Waals surface area contributed by atoms with Crippen LogP contribution in [-0.4, -0.2) is 40.4 Å². The number of amides is 1. The first kappa shape index (κ1) is 13.8. The van der Waals surface area contributed by atoms with Gasteiger partial charge in [0.1, 0.15) is 0 Å². The summed E-state index contributed by atoms with van der Waals surface area (Å²) in [6.45, 7) is 2.46. The lowest BCUT2D eigenvalue weighted by atomic mass is 10.1. The number of nitrogens with one attached hydrogen (secondary N) is 1. The second kappa shape index (κ2) is 6.49. The van der Waals surface area contributed by atoms with Crippen LogP contribution in [0.25, 0.3) is 11.1 Å². The van der Waals surface area contributed by atoms with Gasteiger partial charge in [0.2, 0.25) is 5.91 Å². The van der Waals surface area contributed by atoms with Gasteiger partial charge in [0.05, 0.1) is 25.3 Å². The summed E-state index contributed by atoms with van der Waals surface area (Å²) in [7, 11) is 0. The Morgan fingerprint density at radius 3 is 3.00 bits per heavy atom. The molecular formula is C15H18N4O2. The molecule has 0 bridgehead atoms. The molecule has 1 atom stereocenters. The van der Waals surface area contributed by atoms with Gasteiger partial charge in [-0.25, -0.2) is 0 Å². The fraction of sp³-hybridized carbons (Fsp3) is 0.400. The van der Waals surface area contributed by atoms with Crippen LogP contribution >= 0.6 is 0 Å². The van der Waals surface area contributed by atoms with Crippen LogP contribution < -0.4 is 5.32 Å². The highest BCUT2D eigenvalue weighted by molar-refractivity contribution is 5.78. The maximum absolute atomic E-state index is 11.8. The van der Waals surface area contributed by atoms with Gasteiger partial charge in [-0.05, 0) is 24.1 Å². The highest BCUT2D eigenvalue weighted by Crippen LogP contribution is 2.16. The second-order valence-corrected chi connectivity index (χ2v) is 5.08. The molecule has 1 saturated heterocycles. The predicted octanol–water partition coefficient (Wildman–Crippen LogP) is 1.10. The van der Waals surface area contributed by atoms with Gasteiger partial charge in [-0.3, -0.25) is 14.5 Å². The summed E-state index contributed by atoms with van der Waals surface area (Å²) in [5.41, 5.74) is 2.14. The minimum atomic E-state index is 0.00926. The van der Waals surface area contributed by atoms with Crippen molar-refractivity contribution < 1.29 is 9.53 Å². The van der Waals surface area contributed by atoms with Crippen LogP contribution in [0.3, 0.4) is 0 Å². The van der Waals surface area contributed by atoms with Gasteiger partial charge < -0.3 is 10.1 Å². The molecule has 1 fully saturated rings. The van der Waals surface area contributed by atoms with E-state index in [0.717, 1.165) is 17.5 Å². The van der Waals surface area contributed by atoms with Crippen molar-refractivity contribution in [1.82, 2.24) is 20.1 Å². The fourth-order valence-electron chi connectivity index (χ4n) is 2.36. The molecule has 0 unspecified atom stereocenters. The number of carbonyl (C=O) groups excluding carboxylic acids is 1. The van der Waals surface area contributed by atoms with Crippen LogP contribution in [0.1, 0.15) is 6.42 Å². The lowest BCUT2D eigenvalue weighted by Crippen LogP contribution is -2.33. The van der Waals surface area contributed by atoms with Gasteiger partial charge in [0.15, 0.2) is 0 Å². The molecule has 1 amide bonds. The van der Waals surface area contributed by atoms with Gasteiger partial charge in [0.25, 0.3) is 0 Å². The minimum Gasteiger partial charge on any atom is -0.381 e. The van der Waals surface area contributed by atoms with Gasteiger partial charge >= 0.3 is 0 Å². The average molecular weight is 286 g/mol. The lowest BCUT2D eigenvalue weighted by molar-refractivity contribution is -0.124. The lowest BCUT2D eigenvalue weighted by Gasteiger charge is -2.09. The highest BCUT2D eigenvalue weighted by atomic mass is 16.5. The summed E-state index contributed by atoms with van der Waals surface area (Å²) < 4.78 is 7.05. The van der Waals surface area contributed by atoms with E-state index < -0.39 is 0 Å². The normalized spacial score (nSPS) is 17.8. The van der Waals surface area contributed by atoms with E-state index in [1.165, 1.54) is 0 Å². The maximum atomic E-state index is 11.8. The molecule has 21 heavy (non-hydrogen) atoms. The van der Waals surface area contributed by atoms with Crippen molar-refractivity contribution in [2.45, 2.75) is 13.0 Å². The van der Waals surface area contributed by atoms with E-state index in [0.29, 0.717) is 26.3 Å². The molecular weight excluding hydrogens is 268 g/mol. The van der Waals surface area contributed by atoms with Crippen molar-refractivity contribution in [2.75, 3.05) is 19.8 Å². The first-order chi connectivity index (χ1) is 10.3. The smallest absolute Gasteiger partial charge is 0.225 e. The molecule has 6 heteroatoms. The van der Waals surface area contributed by atoms with E-state index in [1.54, 1.807) is 12.4 Å². The largest absolute Gasteiger partial charge is 0.381 e. The molecule has 2 aromatic rings. The topological polar surface area (TPSA) is 69.0 Å². The van der Waals surface area contributed by atoms with Crippen LogP contribution in [0.5, 0.6) is 0 Å². The Bertz CT molecular complexity index is 591. The van der Waals surface area contributed by atoms with Gasteiger partial charge in [-0.15, -0.1) is 0 Å². The molecule has 110 valence electrons. The Labute approximate surface area is 123 Å². The SMILES string of the molecule is O=C(NCCn1cc(-c2ccncc2)cn1)[C@H]1CCOC1. The van der Waals surface area contributed by atoms with Crippen LogP contribution in [0.2, 0.25) is 0 Å².